The monoisotopic (exact) mass is 387 g/mol. The first-order chi connectivity index (χ1) is 13.6. The summed E-state index contributed by atoms with van der Waals surface area (Å²) in [6.07, 6.45) is 3.50. The second-order valence-electron chi connectivity index (χ2n) is 7.41. The summed E-state index contributed by atoms with van der Waals surface area (Å²) in [6, 6.07) is 8.16. The lowest BCUT2D eigenvalue weighted by molar-refractivity contribution is -0.908. The summed E-state index contributed by atoms with van der Waals surface area (Å²) < 4.78 is 5.35. The summed E-state index contributed by atoms with van der Waals surface area (Å²) in [6.45, 7) is 7.90. The lowest BCUT2D eigenvalue weighted by Crippen LogP contribution is -3.14. The van der Waals surface area contributed by atoms with Gasteiger partial charge in [0, 0.05) is 25.8 Å². The second kappa shape index (κ2) is 10.2. The number of hydrogen-bond donors (Lipinski definition) is 3. The van der Waals surface area contributed by atoms with Gasteiger partial charge in [-0.05, 0) is 18.6 Å². The minimum Gasteiger partial charge on any atom is -0.370 e. The van der Waals surface area contributed by atoms with Gasteiger partial charge in [-0.3, -0.25) is 20.0 Å². The topological polar surface area (TPSA) is 75.1 Å². The van der Waals surface area contributed by atoms with Crippen LogP contribution >= 0.6 is 0 Å². The highest BCUT2D eigenvalue weighted by Crippen LogP contribution is 2.18. The number of amides is 2. The molecule has 0 unspecified atom stereocenters. The molecule has 0 spiro atoms. The molecule has 1 aromatic rings. The standard InChI is InChI=1S/C21H30N4O3/c1-17-3-5-18(6-4-17)19-7-8-21(27)25(23-19)12-9-20(26)22-10-2-11-24-13-15-28-16-14-24/h3-7,23H,2,8-16H2,1H3,(H,22,26)/p+1. The number of hydrogen-bond acceptors (Lipinski definition) is 4. The first kappa shape index (κ1) is 20.4. The Morgan fingerprint density at radius 3 is 2.75 bits per heavy atom. The van der Waals surface area contributed by atoms with Crippen LogP contribution in [-0.4, -0.2) is 62.8 Å². The molecule has 2 aliphatic rings. The van der Waals surface area contributed by atoms with E-state index in [0.717, 1.165) is 50.5 Å². The highest BCUT2D eigenvalue weighted by atomic mass is 16.5. The van der Waals surface area contributed by atoms with Gasteiger partial charge in [0.2, 0.25) is 11.8 Å². The molecule has 0 aliphatic carbocycles. The van der Waals surface area contributed by atoms with Crippen LogP contribution < -0.4 is 15.6 Å². The predicted molar refractivity (Wildman–Crippen MR) is 107 cm³/mol. The normalized spacial score (nSPS) is 17.8. The average Bonchev–Trinajstić information content (AvgIpc) is 2.72. The van der Waals surface area contributed by atoms with Gasteiger partial charge in [-0.1, -0.05) is 29.8 Å². The third-order valence-electron chi connectivity index (χ3n) is 5.19. The molecule has 0 aromatic heterocycles. The van der Waals surface area contributed by atoms with E-state index in [1.54, 1.807) is 9.91 Å². The van der Waals surface area contributed by atoms with E-state index in [1.807, 2.05) is 37.3 Å². The van der Waals surface area contributed by atoms with Gasteiger partial charge in [-0.15, -0.1) is 0 Å². The fourth-order valence-electron chi connectivity index (χ4n) is 3.43. The summed E-state index contributed by atoms with van der Waals surface area (Å²) in [5.74, 6) is -0.0300. The molecule has 3 N–H and O–H groups in total. The van der Waals surface area contributed by atoms with Crippen molar-refractivity contribution in [2.75, 3.05) is 45.9 Å². The number of carbonyl (C=O) groups excluding carboxylic acids is 2. The average molecular weight is 388 g/mol. The van der Waals surface area contributed by atoms with Crippen LogP contribution in [0.4, 0.5) is 0 Å². The maximum Gasteiger partial charge on any atom is 0.244 e. The largest absolute Gasteiger partial charge is 0.370 e. The molecule has 0 radical (unpaired) electrons. The van der Waals surface area contributed by atoms with Gasteiger partial charge in [-0.2, -0.15) is 0 Å². The molecule has 2 amide bonds. The molecule has 1 fully saturated rings. The molecule has 7 heteroatoms. The van der Waals surface area contributed by atoms with Crippen LogP contribution in [0.1, 0.15) is 30.4 Å². The Morgan fingerprint density at radius 1 is 1.25 bits per heavy atom. The number of ether oxygens (including phenoxy) is 1. The number of benzene rings is 1. The van der Waals surface area contributed by atoms with E-state index in [1.165, 1.54) is 5.56 Å². The smallest absolute Gasteiger partial charge is 0.244 e. The lowest BCUT2D eigenvalue weighted by atomic mass is 10.1. The Morgan fingerprint density at radius 2 is 2.00 bits per heavy atom. The molecule has 0 bridgehead atoms. The van der Waals surface area contributed by atoms with E-state index in [9.17, 15) is 9.59 Å². The zero-order valence-corrected chi connectivity index (χ0v) is 16.6. The van der Waals surface area contributed by atoms with Crippen LogP contribution in [0.2, 0.25) is 0 Å². The quantitative estimate of drug-likeness (QED) is 0.544. The fourth-order valence-corrected chi connectivity index (χ4v) is 3.43. The highest BCUT2D eigenvalue weighted by molar-refractivity contribution is 5.84. The van der Waals surface area contributed by atoms with Crippen LogP contribution in [0.5, 0.6) is 0 Å². The van der Waals surface area contributed by atoms with Crippen molar-refractivity contribution in [3.63, 3.8) is 0 Å². The molecule has 1 saturated heterocycles. The van der Waals surface area contributed by atoms with Crippen LogP contribution in [0.25, 0.3) is 5.70 Å². The summed E-state index contributed by atoms with van der Waals surface area (Å²) in [7, 11) is 0. The first-order valence-corrected chi connectivity index (χ1v) is 10.1. The molecule has 1 aromatic carbocycles. The Kier molecular flexibility index (Phi) is 7.45. The summed E-state index contributed by atoms with van der Waals surface area (Å²) in [4.78, 5) is 25.8. The van der Waals surface area contributed by atoms with Gasteiger partial charge in [0.25, 0.3) is 0 Å². The van der Waals surface area contributed by atoms with Gasteiger partial charge in [0.05, 0.1) is 32.0 Å². The molecule has 0 saturated carbocycles. The number of nitrogens with zero attached hydrogens (tertiary/aromatic N) is 1. The van der Waals surface area contributed by atoms with Crippen molar-refractivity contribution < 1.29 is 19.2 Å². The molecular weight excluding hydrogens is 356 g/mol. The molecule has 2 aliphatic heterocycles. The lowest BCUT2D eigenvalue weighted by Gasteiger charge is -2.29. The molecule has 7 nitrogen and oxygen atoms in total. The van der Waals surface area contributed by atoms with Crippen LogP contribution in [-0.2, 0) is 14.3 Å². The summed E-state index contributed by atoms with van der Waals surface area (Å²) >= 11 is 0. The maximum absolute atomic E-state index is 12.1. The third-order valence-corrected chi connectivity index (χ3v) is 5.19. The van der Waals surface area contributed by atoms with Gasteiger partial charge >= 0.3 is 0 Å². The van der Waals surface area contributed by atoms with E-state index in [-0.39, 0.29) is 11.8 Å². The maximum atomic E-state index is 12.1. The number of morpholine rings is 1. The van der Waals surface area contributed by atoms with Crippen LogP contribution in [0, 0.1) is 6.92 Å². The highest BCUT2D eigenvalue weighted by Gasteiger charge is 2.20. The number of hydrazine groups is 1. The van der Waals surface area contributed by atoms with Crippen molar-refractivity contribution in [2.45, 2.75) is 26.2 Å². The van der Waals surface area contributed by atoms with Crippen molar-refractivity contribution in [1.29, 1.82) is 0 Å². The van der Waals surface area contributed by atoms with Gasteiger partial charge in [0.1, 0.15) is 13.1 Å². The number of aryl methyl sites for hydroxylation is 1. The molecule has 28 heavy (non-hydrogen) atoms. The predicted octanol–water partition coefficient (Wildman–Crippen LogP) is -0.116. The van der Waals surface area contributed by atoms with Gasteiger partial charge < -0.3 is 15.0 Å². The summed E-state index contributed by atoms with van der Waals surface area (Å²) in [5, 5.41) is 4.51. The van der Waals surface area contributed by atoms with E-state index < -0.39 is 0 Å². The van der Waals surface area contributed by atoms with Crippen LogP contribution in [0.3, 0.4) is 0 Å². The third kappa shape index (κ3) is 6.07. The SMILES string of the molecule is Cc1ccc(C2=CCC(=O)N(CCC(=O)NCCC[NH+]3CCOCC3)N2)cc1. The number of rotatable bonds is 8. The minimum atomic E-state index is -0.0157. The van der Waals surface area contributed by atoms with E-state index in [4.69, 9.17) is 4.74 Å². The Hall–Kier alpha value is -2.38. The van der Waals surface area contributed by atoms with Crippen molar-refractivity contribution in [1.82, 2.24) is 15.8 Å². The molecule has 3 rings (SSSR count). The van der Waals surface area contributed by atoms with Gasteiger partial charge in [-0.25, -0.2) is 0 Å². The number of nitrogens with one attached hydrogen (secondary N) is 3. The zero-order chi connectivity index (χ0) is 19.8. The van der Waals surface area contributed by atoms with Crippen molar-refractivity contribution in [2.24, 2.45) is 0 Å². The van der Waals surface area contributed by atoms with E-state index in [2.05, 4.69) is 10.7 Å². The van der Waals surface area contributed by atoms with Crippen molar-refractivity contribution in [3.8, 4) is 0 Å². The zero-order valence-electron chi connectivity index (χ0n) is 16.6. The first-order valence-electron chi connectivity index (χ1n) is 10.1. The minimum absolute atomic E-state index is 0.0143. The Balaban J connectivity index is 1.37. The van der Waals surface area contributed by atoms with Crippen molar-refractivity contribution in [3.05, 3.63) is 41.5 Å². The van der Waals surface area contributed by atoms with Crippen molar-refractivity contribution >= 4 is 17.5 Å². The van der Waals surface area contributed by atoms with Crippen LogP contribution in [0.15, 0.2) is 30.3 Å². The molecular formula is C21H31N4O3+. The Labute approximate surface area is 166 Å². The Bertz CT molecular complexity index is 696. The second-order valence-corrected chi connectivity index (χ2v) is 7.41. The van der Waals surface area contributed by atoms with E-state index >= 15 is 0 Å². The molecule has 2 heterocycles. The number of quaternary nitrogens is 1. The van der Waals surface area contributed by atoms with E-state index in [0.29, 0.717) is 25.9 Å². The molecule has 152 valence electrons. The summed E-state index contributed by atoms with van der Waals surface area (Å²) in [5.41, 5.74) is 6.30. The van der Waals surface area contributed by atoms with Gasteiger partial charge in [0.15, 0.2) is 0 Å². The fraction of sp³-hybridized carbons (Fsp3) is 0.524. The number of carbonyl (C=O) groups is 2. The molecule has 0 atom stereocenters.